The van der Waals surface area contributed by atoms with Gasteiger partial charge in [-0.15, -0.1) is 0 Å². The summed E-state index contributed by atoms with van der Waals surface area (Å²) in [5.74, 6) is 5.73. The van der Waals surface area contributed by atoms with Crippen molar-refractivity contribution in [2.75, 3.05) is 7.11 Å². The number of carbonyl (C=O) groups is 1. The molecule has 4 aliphatic carbocycles. The number of hydrogen-bond donors (Lipinski definition) is 0. The van der Waals surface area contributed by atoms with Crippen LogP contribution < -0.4 is 0 Å². The van der Waals surface area contributed by atoms with E-state index < -0.39 is 0 Å². The molecule has 166 valence electrons. The Labute approximate surface area is 179 Å². The van der Waals surface area contributed by atoms with Gasteiger partial charge in [0.2, 0.25) is 0 Å². The predicted octanol–water partition coefficient (Wildman–Crippen LogP) is 7.40. The van der Waals surface area contributed by atoms with E-state index in [4.69, 9.17) is 4.74 Å². The molecule has 0 aromatic rings. The first-order valence-corrected chi connectivity index (χ1v) is 13.0. The quantitative estimate of drug-likeness (QED) is 0.341. The average Bonchev–Trinajstić information content (AvgIpc) is 3.07. The molecule has 1 unspecified atom stereocenters. The first-order valence-electron chi connectivity index (χ1n) is 13.0. The highest BCUT2D eigenvalue weighted by Crippen LogP contribution is 2.68. The Bertz CT molecular complexity index is 585. The van der Waals surface area contributed by atoms with Gasteiger partial charge in [-0.05, 0) is 104 Å². The number of carbonyl (C=O) groups excluding carboxylic acids is 1. The van der Waals surface area contributed by atoms with Gasteiger partial charge in [0.25, 0.3) is 0 Å². The van der Waals surface area contributed by atoms with E-state index in [0.29, 0.717) is 17.3 Å². The van der Waals surface area contributed by atoms with Crippen LogP contribution in [-0.2, 0) is 9.53 Å². The molecule has 0 bridgehead atoms. The molecule has 0 saturated heterocycles. The molecule has 4 saturated carbocycles. The van der Waals surface area contributed by atoms with Gasteiger partial charge >= 0.3 is 5.97 Å². The molecule has 0 amide bonds. The van der Waals surface area contributed by atoms with Crippen LogP contribution in [0, 0.1) is 46.3 Å². The van der Waals surface area contributed by atoms with Gasteiger partial charge in [-0.2, -0.15) is 0 Å². The molecular weight excluding hydrogens is 356 g/mol. The van der Waals surface area contributed by atoms with Gasteiger partial charge in [0.05, 0.1) is 7.11 Å². The summed E-state index contributed by atoms with van der Waals surface area (Å²) in [5.41, 5.74) is 1.25. The Morgan fingerprint density at radius 2 is 1.72 bits per heavy atom. The summed E-state index contributed by atoms with van der Waals surface area (Å²) >= 11 is 0. The number of hydrogen-bond acceptors (Lipinski definition) is 2. The fourth-order valence-electron chi connectivity index (χ4n) is 9.31. The number of esters is 1. The van der Waals surface area contributed by atoms with Crippen molar-refractivity contribution >= 4 is 5.97 Å². The van der Waals surface area contributed by atoms with Crippen LogP contribution in [0.15, 0.2) is 0 Å². The van der Waals surface area contributed by atoms with Gasteiger partial charge in [0, 0.05) is 6.42 Å². The van der Waals surface area contributed by atoms with E-state index in [2.05, 4.69) is 20.8 Å². The molecule has 4 rings (SSSR count). The molecule has 29 heavy (non-hydrogen) atoms. The van der Waals surface area contributed by atoms with E-state index in [0.717, 1.165) is 41.9 Å². The molecule has 4 aliphatic rings. The number of fused-ring (bicyclic) bond motifs is 5. The van der Waals surface area contributed by atoms with E-state index in [1.165, 1.54) is 84.2 Å². The van der Waals surface area contributed by atoms with Crippen LogP contribution in [0.25, 0.3) is 0 Å². The number of methoxy groups -OCH3 is 1. The zero-order chi connectivity index (χ0) is 20.6. The van der Waals surface area contributed by atoms with Crippen molar-refractivity contribution in [3.8, 4) is 0 Å². The average molecular weight is 403 g/mol. The van der Waals surface area contributed by atoms with E-state index in [9.17, 15) is 4.79 Å². The standard InChI is InChI=1S/C27H46O2/c1-19(9-5-6-11-25(28)29-4)22-14-15-23-21-13-12-20-10-7-8-17-26(20,2)24(21)16-18-27(22,23)3/h19-24H,5-18H2,1-4H3/t19-,20?,21+,22-,23+,24+,26+,27-/m1/s1. The van der Waals surface area contributed by atoms with Crippen LogP contribution in [0.3, 0.4) is 0 Å². The Morgan fingerprint density at radius 1 is 0.931 bits per heavy atom. The summed E-state index contributed by atoms with van der Waals surface area (Å²) in [6, 6.07) is 0. The molecule has 0 radical (unpaired) electrons. The topological polar surface area (TPSA) is 26.3 Å². The molecule has 0 aromatic carbocycles. The molecule has 0 aromatic heterocycles. The summed E-state index contributed by atoms with van der Waals surface area (Å²) in [6.45, 7) is 7.90. The molecule has 2 nitrogen and oxygen atoms in total. The van der Waals surface area contributed by atoms with E-state index in [1.54, 1.807) is 0 Å². The third kappa shape index (κ3) is 3.80. The number of rotatable bonds is 6. The first-order chi connectivity index (χ1) is 13.9. The van der Waals surface area contributed by atoms with Crippen LogP contribution in [0.1, 0.15) is 111 Å². The van der Waals surface area contributed by atoms with E-state index in [1.807, 2.05) is 0 Å². The second-order valence-corrected chi connectivity index (χ2v) is 11.9. The van der Waals surface area contributed by atoms with Crippen molar-refractivity contribution in [3.05, 3.63) is 0 Å². The van der Waals surface area contributed by atoms with Crippen LogP contribution >= 0.6 is 0 Å². The minimum Gasteiger partial charge on any atom is -0.469 e. The van der Waals surface area contributed by atoms with Crippen molar-refractivity contribution in [2.24, 2.45) is 46.3 Å². The molecule has 8 atom stereocenters. The summed E-state index contributed by atoms with van der Waals surface area (Å²) in [5, 5.41) is 0. The first kappa shape index (κ1) is 21.7. The molecule has 0 spiro atoms. The van der Waals surface area contributed by atoms with Gasteiger partial charge < -0.3 is 4.74 Å². The monoisotopic (exact) mass is 402 g/mol. The van der Waals surface area contributed by atoms with Gasteiger partial charge in [-0.1, -0.05) is 46.5 Å². The Hall–Kier alpha value is -0.530. The van der Waals surface area contributed by atoms with Crippen molar-refractivity contribution < 1.29 is 9.53 Å². The maximum Gasteiger partial charge on any atom is 0.305 e. The van der Waals surface area contributed by atoms with Gasteiger partial charge in [-0.25, -0.2) is 0 Å². The second-order valence-electron chi connectivity index (χ2n) is 11.9. The molecular formula is C27H46O2. The highest BCUT2D eigenvalue weighted by Gasteiger charge is 2.59. The molecule has 0 N–H and O–H groups in total. The van der Waals surface area contributed by atoms with Gasteiger partial charge in [0.15, 0.2) is 0 Å². The number of ether oxygens (including phenoxy) is 1. The van der Waals surface area contributed by atoms with Gasteiger partial charge in [-0.3, -0.25) is 4.79 Å². The molecule has 0 heterocycles. The van der Waals surface area contributed by atoms with E-state index in [-0.39, 0.29) is 5.97 Å². The molecule has 2 heteroatoms. The maximum absolute atomic E-state index is 11.4. The van der Waals surface area contributed by atoms with Crippen molar-refractivity contribution in [3.63, 3.8) is 0 Å². The summed E-state index contributed by atoms with van der Waals surface area (Å²) in [6.07, 6.45) is 19.1. The predicted molar refractivity (Wildman–Crippen MR) is 119 cm³/mol. The van der Waals surface area contributed by atoms with Crippen LogP contribution in [0.5, 0.6) is 0 Å². The third-order valence-electron chi connectivity index (χ3n) is 10.9. The van der Waals surface area contributed by atoms with Crippen LogP contribution in [-0.4, -0.2) is 13.1 Å². The Kier molecular flexibility index (Phi) is 6.39. The fourth-order valence-corrected chi connectivity index (χ4v) is 9.31. The fraction of sp³-hybridized carbons (Fsp3) is 0.963. The van der Waals surface area contributed by atoms with Crippen molar-refractivity contribution in [2.45, 2.75) is 111 Å². The van der Waals surface area contributed by atoms with E-state index >= 15 is 0 Å². The smallest absolute Gasteiger partial charge is 0.305 e. The molecule has 0 aliphatic heterocycles. The van der Waals surface area contributed by atoms with Crippen LogP contribution in [0.2, 0.25) is 0 Å². The maximum atomic E-state index is 11.4. The number of unbranched alkanes of at least 4 members (excludes halogenated alkanes) is 1. The lowest BCUT2D eigenvalue weighted by atomic mass is 9.44. The zero-order valence-electron chi connectivity index (χ0n) is 19.7. The van der Waals surface area contributed by atoms with Crippen molar-refractivity contribution in [1.29, 1.82) is 0 Å². The van der Waals surface area contributed by atoms with Crippen molar-refractivity contribution in [1.82, 2.24) is 0 Å². The third-order valence-corrected chi connectivity index (χ3v) is 10.9. The lowest BCUT2D eigenvalue weighted by Gasteiger charge is -2.61. The minimum atomic E-state index is -0.0457. The lowest BCUT2D eigenvalue weighted by molar-refractivity contribution is -0.140. The highest BCUT2D eigenvalue weighted by molar-refractivity contribution is 5.68. The Morgan fingerprint density at radius 3 is 2.52 bits per heavy atom. The minimum absolute atomic E-state index is 0.0457. The largest absolute Gasteiger partial charge is 0.469 e. The van der Waals surface area contributed by atoms with Gasteiger partial charge in [0.1, 0.15) is 0 Å². The Balaban J connectivity index is 1.39. The summed E-state index contributed by atoms with van der Waals surface area (Å²) in [4.78, 5) is 11.4. The molecule has 4 fully saturated rings. The summed E-state index contributed by atoms with van der Waals surface area (Å²) < 4.78 is 4.80. The second kappa shape index (κ2) is 8.54. The highest BCUT2D eigenvalue weighted by atomic mass is 16.5. The zero-order valence-corrected chi connectivity index (χ0v) is 19.7. The lowest BCUT2D eigenvalue weighted by Crippen LogP contribution is -2.53. The van der Waals surface area contributed by atoms with Crippen LogP contribution in [0.4, 0.5) is 0 Å². The summed E-state index contributed by atoms with van der Waals surface area (Å²) in [7, 11) is 1.50. The normalized spacial score (nSPS) is 45.0. The SMILES string of the molecule is COC(=O)CCCC[C@@H](C)[C@H]1CC[C@H]2[C@@H]3CCC4CCCC[C@]4(C)[C@H]3CC[C@]12C.